The van der Waals surface area contributed by atoms with Gasteiger partial charge in [0.15, 0.2) is 0 Å². The molecule has 23 heavy (non-hydrogen) atoms. The van der Waals surface area contributed by atoms with Crippen molar-refractivity contribution >= 4 is 11.8 Å². The molecule has 2 amide bonds. The summed E-state index contributed by atoms with van der Waals surface area (Å²) in [6.07, 6.45) is 0. The number of hydrogen-bond donors (Lipinski definition) is 3. The number of aliphatic hydroxyl groups is 2. The quantitative estimate of drug-likeness (QED) is 0.743. The molecule has 1 saturated heterocycles. The van der Waals surface area contributed by atoms with E-state index in [9.17, 15) is 14.7 Å². The third-order valence-electron chi connectivity index (χ3n) is 4.03. The molecule has 1 aromatic rings. The number of carbonyl (C=O) groups is 2. The second-order valence-electron chi connectivity index (χ2n) is 7.14. The lowest BCUT2D eigenvalue weighted by atomic mass is 9.87. The SMILES string of the molecule is CC(C)(C)c1ccc(C(=O)NCC(=O)N2CC(O)(CO)C2)cc1. The highest BCUT2D eigenvalue weighted by molar-refractivity contribution is 5.96. The molecule has 6 nitrogen and oxygen atoms in total. The van der Waals surface area contributed by atoms with E-state index >= 15 is 0 Å². The minimum Gasteiger partial charge on any atom is -0.393 e. The number of carbonyl (C=O) groups excluding carboxylic acids is 2. The van der Waals surface area contributed by atoms with Crippen molar-refractivity contribution in [1.29, 1.82) is 0 Å². The van der Waals surface area contributed by atoms with E-state index in [0.717, 1.165) is 5.56 Å². The molecule has 1 fully saturated rings. The Hall–Kier alpha value is -1.92. The first kappa shape index (κ1) is 17.4. The van der Waals surface area contributed by atoms with E-state index < -0.39 is 5.60 Å². The molecule has 0 radical (unpaired) electrons. The molecule has 1 aliphatic heterocycles. The lowest BCUT2D eigenvalue weighted by Crippen LogP contribution is -2.66. The summed E-state index contributed by atoms with van der Waals surface area (Å²) in [5.41, 5.74) is 0.462. The Labute approximate surface area is 136 Å². The van der Waals surface area contributed by atoms with E-state index in [1.807, 2.05) is 12.1 Å². The van der Waals surface area contributed by atoms with Gasteiger partial charge in [0.1, 0.15) is 5.60 Å². The van der Waals surface area contributed by atoms with E-state index in [0.29, 0.717) is 5.56 Å². The summed E-state index contributed by atoms with van der Waals surface area (Å²) >= 11 is 0. The van der Waals surface area contributed by atoms with Crippen LogP contribution < -0.4 is 5.32 Å². The van der Waals surface area contributed by atoms with Gasteiger partial charge in [0.2, 0.25) is 5.91 Å². The fourth-order valence-corrected chi connectivity index (χ4v) is 2.43. The minimum absolute atomic E-state index is 0.0198. The van der Waals surface area contributed by atoms with Gasteiger partial charge in [-0.2, -0.15) is 0 Å². The zero-order valence-electron chi connectivity index (χ0n) is 13.8. The largest absolute Gasteiger partial charge is 0.393 e. The molecule has 0 aromatic heterocycles. The predicted octanol–water partition coefficient (Wildman–Crippen LogP) is 0.280. The maximum Gasteiger partial charge on any atom is 0.251 e. The van der Waals surface area contributed by atoms with Crippen molar-refractivity contribution in [2.45, 2.75) is 31.8 Å². The molecule has 126 valence electrons. The summed E-state index contributed by atoms with van der Waals surface area (Å²) in [6, 6.07) is 7.31. The second-order valence-corrected chi connectivity index (χ2v) is 7.14. The van der Waals surface area contributed by atoms with Crippen molar-refractivity contribution in [1.82, 2.24) is 10.2 Å². The van der Waals surface area contributed by atoms with Gasteiger partial charge in [0, 0.05) is 5.56 Å². The van der Waals surface area contributed by atoms with Crippen LogP contribution in [0.3, 0.4) is 0 Å². The Balaban J connectivity index is 1.84. The molecular formula is C17H24N2O4. The molecule has 0 bridgehead atoms. The average molecular weight is 320 g/mol. The maximum absolute atomic E-state index is 12.1. The van der Waals surface area contributed by atoms with Gasteiger partial charge in [-0.25, -0.2) is 0 Å². The average Bonchev–Trinajstić information content (AvgIpc) is 2.48. The van der Waals surface area contributed by atoms with Crippen LogP contribution in [0.25, 0.3) is 0 Å². The molecule has 0 aliphatic carbocycles. The smallest absolute Gasteiger partial charge is 0.251 e. The zero-order valence-corrected chi connectivity index (χ0v) is 13.8. The van der Waals surface area contributed by atoms with Crippen LogP contribution in [-0.2, 0) is 10.2 Å². The van der Waals surface area contributed by atoms with E-state index in [1.165, 1.54) is 4.90 Å². The summed E-state index contributed by atoms with van der Waals surface area (Å²) in [7, 11) is 0. The summed E-state index contributed by atoms with van der Waals surface area (Å²) in [5.74, 6) is -0.584. The van der Waals surface area contributed by atoms with Crippen LogP contribution in [0, 0.1) is 0 Å². The molecule has 3 N–H and O–H groups in total. The van der Waals surface area contributed by atoms with E-state index in [2.05, 4.69) is 26.1 Å². The van der Waals surface area contributed by atoms with Crippen LogP contribution in [0.2, 0.25) is 0 Å². The molecule has 1 aliphatic rings. The molecule has 0 saturated carbocycles. The van der Waals surface area contributed by atoms with E-state index in [-0.39, 0.29) is 43.5 Å². The van der Waals surface area contributed by atoms with Crippen LogP contribution in [0.4, 0.5) is 0 Å². The highest BCUT2D eigenvalue weighted by Crippen LogP contribution is 2.22. The van der Waals surface area contributed by atoms with Gasteiger partial charge in [0.05, 0.1) is 26.2 Å². The van der Waals surface area contributed by atoms with Gasteiger partial charge in [0.25, 0.3) is 5.91 Å². The normalized spacial score (nSPS) is 16.7. The first-order valence-corrected chi connectivity index (χ1v) is 7.64. The molecule has 6 heteroatoms. The Bertz CT molecular complexity index is 584. The molecule has 0 spiro atoms. The van der Waals surface area contributed by atoms with E-state index in [4.69, 9.17) is 5.11 Å². The van der Waals surface area contributed by atoms with Gasteiger partial charge in [-0.1, -0.05) is 32.9 Å². The van der Waals surface area contributed by atoms with Gasteiger partial charge in [-0.05, 0) is 23.1 Å². The van der Waals surface area contributed by atoms with Crippen molar-refractivity contribution in [3.8, 4) is 0 Å². The fourth-order valence-electron chi connectivity index (χ4n) is 2.43. The molecule has 1 aromatic carbocycles. The standard InChI is InChI=1S/C17H24N2O4/c1-16(2,3)13-6-4-12(5-7-13)15(22)18-8-14(21)19-9-17(23,10-19)11-20/h4-7,20,23H,8-11H2,1-3H3,(H,18,22). The fraction of sp³-hybridized carbons (Fsp3) is 0.529. The first-order chi connectivity index (χ1) is 10.6. The van der Waals surface area contributed by atoms with Crippen molar-refractivity contribution in [2.24, 2.45) is 0 Å². The number of amides is 2. The molecule has 0 unspecified atom stereocenters. The third kappa shape index (κ3) is 4.09. The van der Waals surface area contributed by atoms with Crippen molar-refractivity contribution < 1.29 is 19.8 Å². The lowest BCUT2D eigenvalue weighted by Gasteiger charge is -2.45. The number of likely N-dealkylation sites (tertiary alicyclic amines) is 1. The molecule has 2 rings (SSSR count). The number of hydrogen-bond acceptors (Lipinski definition) is 4. The Kier molecular flexibility index (Phi) is 4.77. The monoisotopic (exact) mass is 320 g/mol. The Morgan fingerprint density at radius 3 is 2.26 bits per heavy atom. The predicted molar refractivity (Wildman–Crippen MR) is 86.1 cm³/mol. The highest BCUT2D eigenvalue weighted by atomic mass is 16.3. The molecular weight excluding hydrogens is 296 g/mol. The Morgan fingerprint density at radius 1 is 1.22 bits per heavy atom. The summed E-state index contributed by atoms with van der Waals surface area (Å²) in [6.45, 7) is 5.99. The number of nitrogens with zero attached hydrogens (tertiary/aromatic N) is 1. The van der Waals surface area contributed by atoms with Gasteiger partial charge >= 0.3 is 0 Å². The third-order valence-corrected chi connectivity index (χ3v) is 4.03. The summed E-state index contributed by atoms with van der Waals surface area (Å²) in [5, 5.41) is 21.2. The maximum atomic E-state index is 12.1. The van der Waals surface area contributed by atoms with Gasteiger partial charge in [-0.15, -0.1) is 0 Å². The van der Waals surface area contributed by atoms with Crippen LogP contribution in [0.15, 0.2) is 24.3 Å². The molecule has 0 atom stereocenters. The van der Waals surface area contributed by atoms with Gasteiger partial charge < -0.3 is 20.4 Å². The highest BCUT2D eigenvalue weighted by Gasteiger charge is 2.42. The van der Waals surface area contributed by atoms with Crippen molar-refractivity contribution in [3.63, 3.8) is 0 Å². The van der Waals surface area contributed by atoms with Crippen molar-refractivity contribution in [2.75, 3.05) is 26.2 Å². The summed E-state index contributed by atoms with van der Waals surface area (Å²) < 4.78 is 0. The number of nitrogens with one attached hydrogen (secondary N) is 1. The molecule has 1 heterocycles. The minimum atomic E-state index is -1.19. The topological polar surface area (TPSA) is 89.9 Å². The van der Waals surface area contributed by atoms with Gasteiger partial charge in [-0.3, -0.25) is 9.59 Å². The number of benzene rings is 1. The first-order valence-electron chi connectivity index (χ1n) is 7.64. The number of β-amino-alcohol motifs (C(OH)–C–C–N with tert-alkyl or cyclic N) is 1. The summed E-state index contributed by atoms with van der Waals surface area (Å²) in [4.78, 5) is 25.3. The number of rotatable bonds is 4. The van der Waals surface area contributed by atoms with Crippen LogP contribution >= 0.6 is 0 Å². The van der Waals surface area contributed by atoms with Crippen molar-refractivity contribution in [3.05, 3.63) is 35.4 Å². The lowest BCUT2D eigenvalue weighted by molar-refractivity contribution is -0.161. The van der Waals surface area contributed by atoms with Crippen LogP contribution in [0.1, 0.15) is 36.7 Å². The van der Waals surface area contributed by atoms with Crippen LogP contribution in [-0.4, -0.2) is 58.8 Å². The van der Waals surface area contributed by atoms with Crippen LogP contribution in [0.5, 0.6) is 0 Å². The zero-order chi connectivity index (χ0) is 17.3. The Morgan fingerprint density at radius 2 is 1.78 bits per heavy atom. The second kappa shape index (κ2) is 6.29. The number of aliphatic hydroxyl groups excluding tert-OH is 1. The van der Waals surface area contributed by atoms with E-state index in [1.54, 1.807) is 12.1 Å².